The second-order valence-corrected chi connectivity index (χ2v) is 8.26. The van der Waals surface area contributed by atoms with Crippen molar-refractivity contribution in [2.24, 2.45) is 5.73 Å². The first-order valence-electron chi connectivity index (χ1n) is 10.5. The summed E-state index contributed by atoms with van der Waals surface area (Å²) in [4.78, 5) is 13.1. The van der Waals surface area contributed by atoms with Gasteiger partial charge in [0.15, 0.2) is 11.5 Å². The molecule has 0 bridgehead atoms. The van der Waals surface area contributed by atoms with E-state index >= 15 is 0 Å². The molecule has 3 aromatic rings. The number of nitrogens with two attached hydrogens (primary N) is 1. The van der Waals surface area contributed by atoms with Crippen molar-refractivity contribution < 1.29 is 28.9 Å². The summed E-state index contributed by atoms with van der Waals surface area (Å²) in [6.07, 6.45) is -3.37. The number of carbonyl (C=O) groups is 1. The topological polar surface area (TPSA) is 73.6 Å². The number of halogens is 3. The van der Waals surface area contributed by atoms with Crippen LogP contribution in [0.2, 0.25) is 0 Å². The minimum Gasteiger partial charge on any atom is -0.454 e. The van der Waals surface area contributed by atoms with Crippen molar-refractivity contribution in [3.63, 3.8) is 0 Å². The second kappa shape index (κ2) is 7.81. The zero-order valence-electron chi connectivity index (χ0n) is 17.5. The van der Waals surface area contributed by atoms with E-state index < -0.39 is 17.2 Å². The number of nitrogens with one attached hydrogen (secondary N) is 1. The van der Waals surface area contributed by atoms with E-state index in [1.54, 1.807) is 42.5 Å². The quantitative estimate of drug-likeness (QED) is 0.534. The molecular weight excluding hydrogens is 433 g/mol. The Bertz CT molecular complexity index is 1230. The van der Waals surface area contributed by atoms with Gasteiger partial charge in [-0.2, -0.15) is 13.2 Å². The lowest BCUT2D eigenvalue weighted by molar-refractivity contribution is -0.137. The molecule has 1 aliphatic carbocycles. The maximum Gasteiger partial charge on any atom is 0.417 e. The van der Waals surface area contributed by atoms with Crippen LogP contribution in [0.4, 0.5) is 18.9 Å². The van der Waals surface area contributed by atoms with Crippen LogP contribution in [0.25, 0.3) is 11.1 Å². The number of rotatable bonds is 5. The average molecular weight is 456 g/mol. The third-order valence-corrected chi connectivity index (χ3v) is 6.19. The highest BCUT2D eigenvalue weighted by Crippen LogP contribution is 2.51. The maximum atomic E-state index is 13.9. The molecule has 0 atom stereocenters. The van der Waals surface area contributed by atoms with Gasteiger partial charge in [-0.3, -0.25) is 4.79 Å². The third kappa shape index (κ3) is 3.91. The highest BCUT2D eigenvalue weighted by molar-refractivity contribution is 6.01. The molecule has 1 aliphatic heterocycles. The van der Waals surface area contributed by atoms with Crippen LogP contribution in [-0.2, 0) is 22.9 Å². The minimum atomic E-state index is -4.59. The summed E-state index contributed by atoms with van der Waals surface area (Å²) >= 11 is 0. The number of alkyl halides is 3. The Kier molecular flexibility index (Phi) is 5.05. The van der Waals surface area contributed by atoms with Gasteiger partial charge >= 0.3 is 6.18 Å². The lowest BCUT2D eigenvalue weighted by atomic mass is 9.94. The molecule has 0 unspecified atom stereocenters. The fraction of sp³-hybridized carbons (Fsp3) is 0.240. The van der Waals surface area contributed by atoms with E-state index in [0.29, 0.717) is 36.4 Å². The predicted molar refractivity (Wildman–Crippen MR) is 119 cm³/mol. The first-order chi connectivity index (χ1) is 15.8. The first-order valence-corrected chi connectivity index (χ1v) is 10.5. The molecule has 3 N–H and O–H groups in total. The summed E-state index contributed by atoms with van der Waals surface area (Å²) in [5, 5.41) is 2.69. The maximum absolute atomic E-state index is 13.9. The van der Waals surface area contributed by atoms with E-state index in [1.807, 2.05) is 0 Å². The number of fused-ring (bicyclic) bond motifs is 1. The van der Waals surface area contributed by atoms with Gasteiger partial charge < -0.3 is 20.5 Å². The van der Waals surface area contributed by atoms with E-state index in [9.17, 15) is 18.0 Å². The molecule has 5 nitrogen and oxygen atoms in total. The molecule has 1 saturated carbocycles. The molecular formula is C25H23F3N2O3. The van der Waals surface area contributed by atoms with Crippen LogP contribution in [0.5, 0.6) is 11.5 Å². The molecule has 172 valence electrons. The van der Waals surface area contributed by atoms with Crippen LogP contribution in [0.3, 0.4) is 0 Å². The Hall–Kier alpha value is -3.52. The van der Waals surface area contributed by atoms with Crippen molar-refractivity contribution in [3.05, 3.63) is 77.4 Å². The summed E-state index contributed by atoms with van der Waals surface area (Å²) < 4.78 is 52.3. The minimum absolute atomic E-state index is 0. The van der Waals surface area contributed by atoms with Crippen molar-refractivity contribution >= 4 is 11.6 Å². The van der Waals surface area contributed by atoms with E-state index in [4.69, 9.17) is 15.2 Å². The average Bonchev–Trinajstić information content (AvgIpc) is 3.49. The Morgan fingerprint density at radius 2 is 1.73 bits per heavy atom. The Balaban J connectivity index is 0.00000274. The summed E-state index contributed by atoms with van der Waals surface area (Å²) in [6.45, 7) is 0.433. The molecule has 0 spiro atoms. The van der Waals surface area contributed by atoms with Crippen LogP contribution in [-0.4, -0.2) is 12.7 Å². The summed E-state index contributed by atoms with van der Waals surface area (Å²) in [6, 6.07) is 15.8. The predicted octanol–water partition coefficient (Wildman–Crippen LogP) is 5.48. The van der Waals surface area contributed by atoms with Gasteiger partial charge in [0.1, 0.15) is 0 Å². The van der Waals surface area contributed by atoms with Gasteiger partial charge in [-0.1, -0.05) is 36.4 Å². The normalized spacial score (nSPS) is 15.9. The SMILES string of the molecule is NCc1ccc(-c2ccc(NC(=O)C3(c4ccc5c(c4)OCO5)CC3)cc2C(F)(F)F)cc1.[HH]. The van der Waals surface area contributed by atoms with E-state index in [2.05, 4.69) is 5.32 Å². The first kappa shape index (κ1) is 21.3. The smallest absolute Gasteiger partial charge is 0.417 e. The molecule has 0 aromatic heterocycles. The van der Waals surface area contributed by atoms with Crippen LogP contribution >= 0.6 is 0 Å². The van der Waals surface area contributed by atoms with E-state index in [0.717, 1.165) is 17.2 Å². The number of benzene rings is 3. The monoisotopic (exact) mass is 456 g/mol. The van der Waals surface area contributed by atoms with Crippen molar-refractivity contribution in [3.8, 4) is 22.6 Å². The van der Waals surface area contributed by atoms with Crippen molar-refractivity contribution in [2.75, 3.05) is 12.1 Å². The molecule has 1 amide bonds. The highest BCUT2D eigenvalue weighted by Gasteiger charge is 2.51. The van der Waals surface area contributed by atoms with Crippen molar-refractivity contribution in [2.45, 2.75) is 31.0 Å². The van der Waals surface area contributed by atoms with Gasteiger partial charge in [0, 0.05) is 13.7 Å². The zero-order chi connectivity index (χ0) is 23.2. The molecule has 33 heavy (non-hydrogen) atoms. The van der Waals surface area contributed by atoms with Gasteiger partial charge in [-0.25, -0.2) is 0 Å². The van der Waals surface area contributed by atoms with Crippen LogP contribution < -0.4 is 20.5 Å². The Labute approximate surface area is 189 Å². The molecule has 3 aromatic carbocycles. The van der Waals surface area contributed by atoms with E-state index in [1.165, 1.54) is 12.1 Å². The highest BCUT2D eigenvalue weighted by atomic mass is 19.4. The van der Waals surface area contributed by atoms with Gasteiger partial charge in [0.25, 0.3) is 0 Å². The van der Waals surface area contributed by atoms with Gasteiger partial charge in [0.2, 0.25) is 12.7 Å². The number of amides is 1. The van der Waals surface area contributed by atoms with Crippen LogP contribution in [0.1, 0.15) is 31.0 Å². The lowest BCUT2D eigenvalue weighted by Gasteiger charge is -2.19. The second-order valence-electron chi connectivity index (χ2n) is 8.26. The van der Waals surface area contributed by atoms with Crippen molar-refractivity contribution in [1.82, 2.24) is 0 Å². The number of carbonyl (C=O) groups excluding carboxylic acids is 1. The van der Waals surface area contributed by atoms with Gasteiger partial charge in [-0.15, -0.1) is 0 Å². The number of anilines is 1. The Morgan fingerprint density at radius 3 is 2.39 bits per heavy atom. The molecule has 0 radical (unpaired) electrons. The van der Waals surface area contributed by atoms with Gasteiger partial charge in [0.05, 0.1) is 11.0 Å². The fourth-order valence-corrected chi connectivity index (χ4v) is 4.15. The molecule has 5 rings (SSSR count). The molecule has 1 heterocycles. The van der Waals surface area contributed by atoms with Gasteiger partial charge in [-0.05, 0) is 59.4 Å². The molecule has 0 saturated heterocycles. The number of hydrogen-bond acceptors (Lipinski definition) is 4. The Morgan fingerprint density at radius 1 is 1.00 bits per heavy atom. The summed E-state index contributed by atoms with van der Waals surface area (Å²) in [7, 11) is 0. The summed E-state index contributed by atoms with van der Waals surface area (Å²) in [5.74, 6) is 0.838. The molecule has 1 fully saturated rings. The number of ether oxygens (including phenoxy) is 2. The van der Waals surface area contributed by atoms with Crippen molar-refractivity contribution in [1.29, 1.82) is 0 Å². The number of hydrogen-bond donors (Lipinski definition) is 2. The molecule has 8 heteroatoms. The van der Waals surface area contributed by atoms with E-state index in [-0.39, 0.29) is 25.4 Å². The van der Waals surface area contributed by atoms with Crippen LogP contribution in [0, 0.1) is 0 Å². The standard InChI is InChI=1S/C25H21F3N2O3.H2/c26-25(27,28)20-12-18(6-7-19(20)16-3-1-15(13-29)2-4-16)30-23(31)24(9-10-24)17-5-8-21-22(11-17)33-14-32-21;/h1-8,11-12H,9-10,13-14,29H2,(H,30,31);1H. The molecule has 2 aliphatic rings. The zero-order valence-corrected chi connectivity index (χ0v) is 17.5. The lowest BCUT2D eigenvalue weighted by Crippen LogP contribution is -2.28. The summed E-state index contributed by atoms with van der Waals surface area (Å²) in [5.41, 5.74) is 6.14. The largest absolute Gasteiger partial charge is 0.454 e. The fourth-order valence-electron chi connectivity index (χ4n) is 4.15. The third-order valence-electron chi connectivity index (χ3n) is 6.19. The van der Waals surface area contributed by atoms with Crippen LogP contribution in [0.15, 0.2) is 60.7 Å².